The minimum Gasteiger partial charge on any atom is -0.494 e. The molecule has 7 aliphatic heterocycles. The molecule has 546 valence electrons. The van der Waals surface area contributed by atoms with Crippen molar-refractivity contribution in [2.75, 3.05) is 46.2 Å². The minimum atomic E-state index is -2.23. The number of ether oxygens (including phenoxy) is 13. The van der Waals surface area contributed by atoms with Crippen LogP contribution in [0, 0.1) is 40.4 Å². The highest BCUT2D eigenvalue weighted by molar-refractivity contribution is 5.31. The van der Waals surface area contributed by atoms with Crippen molar-refractivity contribution < 1.29 is 164 Å². The smallest absolute Gasteiger partial charge is 0.187 e. The molecule has 0 aromatic heterocycles. The number of hydrogen-bond acceptors (Lipinski definition) is 33. The molecule has 0 aromatic carbocycles. The van der Waals surface area contributed by atoms with E-state index in [0.29, 0.717) is 25.2 Å². The summed E-state index contributed by atoms with van der Waals surface area (Å²) in [7, 11) is 0. The first-order chi connectivity index (χ1) is 45.1. The van der Waals surface area contributed by atoms with Crippen molar-refractivity contribution in [2.24, 2.45) is 40.4 Å². The summed E-state index contributed by atoms with van der Waals surface area (Å²) in [5.41, 5.74) is 1.80. The molecule has 0 bridgehead atoms. The largest absolute Gasteiger partial charge is 0.494 e. The van der Waals surface area contributed by atoms with E-state index in [0.717, 1.165) is 37.0 Å². The van der Waals surface area contributed by atoms with Crippen LogP contribution in [0.15, 0.2) is 23.0 Å². The highest BCUT2D eigenvalue weighted by Gasteiger charge is 2.65. The molecule has 95 heavy (non-hydrogen) atoms. The van der Waals surface area contributed by atoms with Crippen molar-refractivity contribution in [3.05, 3.63) is 23.0 Å². The van der Waals surface area contributed by atoms with Crippen LogP contribution >= 0.6 is 0 Å². The van der Waals surface area contributed by atoms with Crippen LogP contribution in [0.3, 0.4) is 0 Å². The van der Waals surface area contributed by atoms with Gasteiger partial charge in [-0.2, -0.15) is 0 Å². The third-order valence-corrected chi connectivity index (χ3v) is 22.8. The van der Waals surface area contributed by atoms with Gasteiger partial charge in [0.2, 0.25) is 0 Å². The second kappa shape index (κ2) is 30.1. The van der Waals surface area contributed by atoms with Crippen molar-refractivity contribution >= 4 is 0 Å². The van der Waals surface area contributed by atoms with Gasteiger partial charge in [-0.3, -0.25) is 0 Å². The van der Waals surface area contributed by atoms with E-state index in [-0.39, 0.29) is 48.2 Å². The summed E-state index contributed by atoms with van der Waals surface area (Å²) in [4.78, 5) is 0. The number of aliphatic hydroxyl groups is 20. The normalized spacial score (nSPS) is 52.8. The van der Waals surface area contributed by atoms with Crippen molar-refractivity contribution in [3.63, 3.8) is 0 Å². The lowest BCUT2D eigenvalue weighted by Crippen LogP contribution is -2.69. The van der Waals surface area contributed by atoms with E-state index in [2.05, 4.69) is 26.8 Å². The Hall–Kier alpha value is -2.00. The Morgan fingerprint density at radius 2 is 1.03 bits per heavy atom. The van der Waals surface area contributed by atoms with E-state index < -0.39 is 235 Å². The Morgan fingerprint density at radius 1 is 0.516 bits per heavy atom. The van der Waals surface area contributed by atoms with Crippen LogP contribution in [-0.4, -0.2) is 345 Å². The summed E-state index contributed by atoms with van der Waals surface area (Å²) in [5, 5.41) is 217. The summed E-state index contributed by atoms with van der Waals surface area (Å²) in [6.07, 6.45) is -47.1. The maximum atomic E-state index is 12.1. The minimum absolute atomic E-state index is 0.00390. The van der Waals surface area contributed by atoms with Crippen molar-refractivity contribution in [1.29, 1.82) is 0 Å². The van der Waals surface area contributed by atoms with Gasteiger partial charge in [-0.15, -0.1) is 0 Å². The number of hydrogen-bond donors (Lipinski definition) is 20. The molecule has 0 spiro atoms. The fourth-order valence-corrected chi connectivity index (χ4v) is 17.3. The van der Waals surface area contributed by atoms with Crippen LogP contribution in [0.2, 0.25) is 0 Å². The highest BCUT2D eigenvalue weighted by atomic mass is 16.8. The number of allylic oxidation sites excluding steroid dienone is 2. The van der Waals surface area contributed by atoms with Gasteiger partial charge < -0.3 is 164 Å². The van der Waals surface area contributed by atoms with Crippen LogP contribution in [0.1, 0.15) is 79.1 Å². The second-order valence-electron chi connectivity index (χ2n) is 28.6. The zero-order valence-electron chi connectivity index (χ0n) is 53.3. The van der Waals surface area contributed by atoms with Gasteiger partial charge in [0.1, 0.15) is 146 Å². The second-order valence-corrected chi connectivity index (χ2v) is 28.6. The average molecular weight is 1370 g/mol. The Balaban J connectivity index is 0.757. The van der Waals surface area contributed by atoms with Gasteiger partial charge in [-0.1, -0.05) is 32.4 Å². The fraction of sp³-hybridized carbons (Fsp3) is 0.935. The van der Waals surface area contributed by atoms with Crippen molar-refractivity contribution in [1.82, 2.24) is 0 Å². The van der Waals surface area contributed by atoms with E-state index in [4.69, 9.17) is 61.6 Å². The summed E-state index contributed by atoms with van der Waals surface area (Å²) in [5.74, 6) is 1.99. The molecule has 3 saturated carbocycles. The number of fused-ring (bicyclic) bond motifs is 7. The van der Waals surface area contributed by atoms with Crippen LogP contribution < -0.4 is 0 Å². The van der Waals surface area contributed by atoms with E-state index in [9.17, 15) is 102 Å². The summed E-state index contributed by atoms with van der Waals surface area (Å²) < 4.78 is 77.7. The van der Waals surface area contributed by atoms with E-state index in [1.54, 1.807) is 0 Å². The molecule has 6 saturated heterocycles. The molecule has 0 aromatic rings. The molecule has 11 rings (SSSR count). The maximum Gasteiger partial charge on any atom is 0.187 e. The fourth-order valence-electron chi connectivity index (χ4n) is 17.3. The van der Waals surface area contributed by atoms with E-state index >= 15 is 0 Å². The van der Waals surface area contributed by atoms with Crippen LogP contribution in [0.25, 0.3) is 0 Å². The molecule has 0 unspecified atom stereocenters. The highest BCUT2D eigenvalue weighted by Crippen LogP contribution is 2.69. The van der Waals surface area contributed by atoms with Gasteiger partial charge in [0.05, 0.1) is 64.2 Å². The Bertz CT molecular complexity index is 2590. The predicted molar refractivity (Wildman–Crippen MR) is 311 cm³/mol. The Labute approximate surface area is 547 Å². The molecule has 33 heteroatoms. The lowest BCUT2D eigenvalue weighted by molar-refractivity contribution is -0.409. The van der Waals surface area contributed by atoms with Gasteiger partial charge >= 0.3 is 0 Å². The van der Waals surface area contributed by atoms with E-state index in [1.165, 1.54) is 5.57 Å². The van der Waals surface area contributed by atoms with Gasteiger partial charge in [0.15, 0.2) is 37.7 Å². The quantitative estimate of drug-likeness (QED) is 0.0475. The van der Waals surface area contributed by atoms with Gasteiger partial charge in [-0.05, 0) is 91.9 Å². The summed E-state index contributed by atoms with van der Waals surface area (Å²) >= 11 is 0. The molecule has 0 radical (unpaired) electrons. The third kappa shape index (κ3) is 14.0. The first-order valence-corrected chi connectivity index (χ1v) is 33.2. The zero-order chi connectivity index (χ0) is 68.6. The van der Waals surface area contributed by atoms with Gasteiger partial charge in [0, 0.05) is 12.3 Å². The molecule has 39 atom stereocenters. The molecule has 0 amide bonds. The summed E-state index contributed by atoms with van der Waals surface area (Å²) in [6, 6.07) is 0. The van der Waals surface area contributed by atoms with Gasteiger partial charge in [-0.25, -0.2) is 0 Å². The monoisotopic (exact) mass is 1370 g/mol. The standard InChI is InChI=1S/C62H100O33/c1-21(19-83-55-47(79)43(75)39(71)32(14-63)87-55)5-8-29-22(2)37-31(85-29)12-26-24-7-6-23-11-30(27(68)13-62(23,4)25(24)9-10-61(26,37)3)86-57-49(81)45(77)51(36(18-67)91-57)92-60-54(53(42(74)35(17-66)90-60)94-56-46(78)38(70)28(69)20-84-56)95-59-50(82)52(41(73)34(16-65)89-59)93-58-48(80)44(76)40(72)33(15-64)88-58/h6,21,24-28,30-60,63-82H,5,7-20H2,1-4H3/t21-,24+,25-,26-,27+,28+,30+,31-,32+,33+,34+,35+,36+,37-,38-,39+,40+,41+,42+,43-,44-,45+,46+,47+,48+,49+,50+,51-,52-,53-,54+,55+,56-,57+,58-,59-,60-,61-,62-/m0/s1. The topological polar surface area (TPSA) is 525 Å². The molecule has 9 fully saturated rings. The molecule has 11 aliphatic rings. The lowest BCUT2D eigenvalue weighted by Gasteiger charge is -2.58. The predicted octanol–water partition coefficient (Wildman–Crippen LogP) is -7.83. The van der Waals surface area contributed by atoms with E-state index in [1.807, 2.05) is 6.92 Å². The number of aliphatic hydroxyl groups excluding tert-OH is 20. The SMILES string of the molecule is CC1=C(CC[C@H](C)CO[C@@H]2O[C@H](CO)[C@@H](O)[C@H](O)[C@H]2O)O[C@H]2C[C@H]3[C@@H]4CC=C5C[C@@H](O[C@@H]6O[C@H](CO)[C@H](O[C@@H]7O[C@H](CO)[C@@H](O)[C@H](O[C@@H]8OC[C@@H](O)[C@H](O)[C@H]8O)[C@H]7O[C@@H]7O[C@H](CO)[C@@H](O)[C@H](O[C@@H]8O[C@H](CO)[C@@H](O)[C@H](O)[C@H]8O)[C@H]7O)[C@H](O)[C@H]6O)[C@H](O)C[C@]5(C)[C@H]4CC[C@]3(C)[C@@H]12. The van der Waals surface area contributed by atoms with Crippen molar-refractivity contribution in [2.45, 2.75) is 276 Å². The first kappa shape index (κ1) is 74.2. The molecular formula is C62H100O33. The Morgan fingerprint density at radius 3 is 1.67 bits per heavy atom. The Kier molecular flexibility index (Phi) is 23.5. The third-order valence-electron chi connectivity index (χ3n) is 22.8. The molecule has 33 nitrogen and oxygen atoms in total. The molecule has 7 heterocycles. The maximum absolute atomic E-state index is 12.1. The zero-order valence-corrected chi connectivity index (χ0v) is 53.3. The first-order valence-electron chi connectivity index (χ1n) is 33.2. The number of rotatable bonds is 21. The lowest BCUT2D eigenvalue weighted by atomic mass is 9.47. The summed E-state index contributed by atoms with van der Waals surface area (Å²) in [6.45, 7) is 3.93. The van der Waals surface area contributed by atoms with Crippen LogP contribution in [0.4, 0.5) is 0 Å². The van der Waals surface area contributed by atoms with Crippen LogP contribution in [-0.2, 0) is 61.6 Å². The van der Waals surface area contributed by atoms with Gasteiger partial charge in [0.25, 0.3) is 0 Å². The average Bonchev–Trinajstić information content (AvgIpc) is 1.53. The molecule has 4 aliphatic carbocycles. The van der Waals surface area contributed by atoms with Crippen molar-refractivity contribution in [3.8, 4) is 0 Å². The van der Waals surface area contributed by atoms with Crippen LogP contribution in [0.5, 0.6) is 0 Å². The molecule has 20 N–H and O–H groups in total. The molecular weight excluding hydrogens is 1270 g/mol.